The van der Waals surface area contributed by atoms with E-state index in [2.05, 4.69) is 20.7 Å². The molecule has 6 nitrogen and oxygen atoms in total. The van der Waals surface area contributed by atoms with Crippen LogP contribution < -0.4 is 19.5 Å². The molecule has 4 aromatic rings. The highest BCUT2D eigenvalue weighted by Crippen LogP contribution is 2.41. The van der Waals surface area contributed by atoms with Gasteiger partial charge in [0.2, 0.25) is 0 Å². The number of fused-ring (bicyclic) bond motifs is 1. The molecule has 0 saturated carbocycles. The summed E-state index contributed by atoms with van der Waals surface area (Å²) in [7, 11) is 4.92. The lowest BCUT2D eigenvalue weighted by Crippen LogP contribution is -1.98. The van der Waals surface area contributed by atoms with E-state index in [-0.39, 0.29) is 0 Å². The maximum absolute atomic E-state index is 5.50. The van der Waals surface area contributed by atoms with Gasteiger partial charge in [0.25, 0.3) is 0 Å². The van der Waals surface area contributed by atoms with Crippen molar-refractivity contribution < 1.29 is 14.2 Å². The molecule has 4 rings (SSSR count). The average molecular weight is 407 g/mol. The quantitative estimate of drug-likeness (QED) is 0.459. The summed E-state index contributed by atoms with van der Waals surface area (Å²) in [6.45, 7) is 2.04. The molecule has 0 radical (unpaired) electrons. The molecular formula is C22H21N3O3S. The molecule has 2 aromatic heterocycles. The summed E-state index contributed by atoms with van der Waals surface area (Å²) in [6, 6.07) is 11.9. The number of ether oxygens (including phenoxy) is 3. The zero-order valence-corrected chi connectivity index (χ0v) is 17.5. The Morgan fingerprint density at radius 1 is 0.862 bits per heavy atom. The summed E-state index contributed by atoms with van der Waals surface area (Å²) in [5.74, 6) is 2.85. The van der Waals surface area contributed by atoms with Crippen LogP contribution in [0.25, 0.3) is 21.3 Å². The van der Waals surface area contributed by atoms with Crippen molar-refractivity contribution in [3.63, 3.8) is 0 Å². The number of rotatable bonds is 6. The molecule has 2 aromatic carbocycles. The summed E-state index contributed by atoms with van der Waals surface area (Å²) < 4.78 is 16.3. The molecule has 0 unspecified atom stereocenters. The molecule has 0 spiro atoms. The molecule has 0 bridgehead atoms. The van der Waals surface area contributed by atoms with Crippen LogP contribution in [-0.4, -0.2) is 31.3 Å². The molecule has 0 fully saturated rings. The van der Waals surface area contributed by atoms with Crippen molar-refractivity contribution in [2.45, 2.75) is 6.92 Å². The molecule has 2 heterocycles. The molecule has 0 amide bonds. The summed E-state index contributed by atoms with van der Waals surface area (Å²) in [6.07, 6.45) is 1.57. The van der Waals surface area contributed by atoms with E-state index in [0.717, 1.165) is 44.2 Å². The number of hydrogen-bond acceptors (Lipinski definition) is 7. The van der Waals surface area contributed by atoms with Crippen molar-refractivity contribution in [1.29, 1.82) is 0 Å². The minimum Gasteiger partial charge on any atom is -0.495 e. The predicted molar refractivity (Wildman–Crippen MR) is 117 cm³/mol. The van der Waals surface area contributed by atoms with Gasteiger partial charge in [-0.2, -0.15) is 0 Å². The van der Waals surface area contributed by atoms with Crippen LogP contribution in [0, 0.1) is 6.92 Å². The number of methoxy groups -OCH3 is 3. The van der Waals surface area contributed by atoms with Crippen molar-refractivity contribution in [2.24, 2.45) is 0 Å². The smallest absolute Gasteiger partial charge is 0.161 e. The number of thiophene rings is 1. The maximum Gasteiger partial charge on any atom is 0.161 e. The summed E-state index contributed by atoms with van der Waals surface area (Å²) in [5, 5.41) is 6.46. The summed E-state index contributed by atoms with van der Waals surface area (Å²) >= 11 is 1.58. The predicted octanol–water partition coefficient (Wildman–Crippen LogP) is 5.44. The lowest BCUT2D eigenvalue weighted by atomic mass is 10.1. The Balaban J connectivity index is 1.84. The fourth-order valence-electron chi connectivity index (χ4n) is 3.23. The molecule has 7 heteroatoms. The van der Waals surface area contributed by atoms with Crippen LogP contribution in [0.4, 0.5) is 11.5 Å². The highest BCUT2D eigenvalue weighted by atomic mass is 32.1. The van der Waals surface area contributed by atoms with Crippen molar-refractivity contribution in [2.75, 3.05) is 26.6 Å². The Labute approximate surface area is 173 Å². The minimum atomic E-state index is 0.677. The van der Waals surface area contributed by atoms with Crippen LogP contribution in [-0.2, 0) is 0 Å². The van der Waals surface area contributed by atoms with Crippen molar-refractivity contribution in [1.82, 2.24) is 9.97 Å². The van der Waals surface area contributed by atoms with Gasteiger partial charge < -0.3 is 19.5 Å². The van der Waals surface area contributed by atoms with Gasteiger partial charge in [-0.1, -0.05) is 12.1 Å². The average Bonchev–Trinajstić information content (AvgIpc) is 3.18. The Kier molecular flexibility index (Phi) is 5.22. The Morgan fingerprint density at radius 3 is 2.38 bits per heavy atom. The van der Waals surface area contributed by atoms with E-state index >= 15 is 0 Å². The largest absolute Gasteiger partial charge is 0.495 e. The summed E-state index contributed by atoms with van der Waals surface area (Å²) in [5.41, 5.74) is 4.02. The van der Waals surface area contributed by atoms with E-state index in [1.807, 2.05) is 43.3 Å². The number of hydrogen-bond donors (Lipinski definition) is 1. The zero-order valence-electron chi connectivity index (χ0n) is 16.6. The second-order valence-electron chi connectivity index (χ2n) is 6.45. The fraction of sp³-hybridized carbons (Fsp3) is 0.182. The van der Waals surface area contributed by atoms with Crippen LogP contribution in [0.1, 0.15) is 5.56 Å². The van der Waals surface area contributed by atoms with Gasteiger partial charge in [-0.3, -0.25) is 0 Å². The third-order valence-corrected chi connectivity index (χ3v) is 5.56. The number of aryl methyl sites for hydroxylation is 1. The third-order valence-electron chi connectivity index (χ3n) is 4.67. The molecule has 0 aliphatic rings. The standard InChI is InChI=1S/C22H21N3O3S/c1-13-5-7-17(26-2)16(9-13)25-21-20-15(11-29-22(20)24-12-23-21)14-6-8-18(27-3)19(10-14)28-4/h5-12H,1-4H3,(H,23,24,25). The fourth-order valence-corrected chi connectivity index (χ4v) is 4.15. The van der Waals surface area contributed by atoms with Gasteiger partial charge in [-0.05, 0) is 42.3 Å². The van der Waals surface area contributed by atoms with E-state index < -0.39 is 0 Å². The first-order valence-corrected chi connectivity index (χ1v) is 9.88. The lowest BCUT2D eigenvalue weighted by molar-refractivity contribution is 0.355. The molecule has 148 valence electrons. The third kappa shape index (κ3) is 3.56. The van der Waals surface area contributed by atoms with E-state index in [0.29, 0.717) is 11.5 Å². The first-order valence-electron chi connectivity index (χ1n) is 9.01. The van der Waals surface area contributed by atoms with Crippen molar-refractivity contribution in [3.8, 4) is 28.4 Å². The lowest BCUT2D eigenvalue weighted by Gasteiger charge is -2.13. The van der Waals surface area contributed by atoms with E-state index in [9.17, 15) is 0 Å². The van der Waals surface area contributed by atoms with Gasteiger partial charge in [0.15, 0.2) is 11.5 Å². The van der Waals surface area contributed by atoms with Crippen molar-refractivity contribution in [3.05, 3.63) is 53.7 Å². The molecule has 0 atom stereocenters. The van der Waals surface area contributed by atoms with Gasteiger partial charge in [-0.25, -0.2) is 9.97 Å². The normalized spacial score (nSPS) is 10.8. The first kappa shape index (κ1) is 19.0. The molecule has 0 saturated heterocycles. The van der Waals surface area contributed by atoms with Crippen LogP contribution in [0.3, 0.4) is 0 Å². The second-order valence-corrected chi connectivity index (χ2v) is 7.31. The maximum atomic E-state index is 5.50. The van der Waals surface area contributed by atoms with E-state index in [1.165, 1.54) is 0 Å². The molecular weight excluding hydrogens is 386 g/mol. The summed E-state index contributed by atoms with van der Waals surface area (Å²) in [4.78, 5) is 9.86. The minimum absolute atomic E-state index is 0.677. The van der Waals surface area contributed by atoms with Crippen LogP contribution in [0.2, 0.25) is 0 Å². The van der Waals surface area contributed by atoms with Crippen LogP contribution >= 0.6 is 11.3 Å². The molecule has 0 aliphatic carbocycles. The van der Waals surface area contributed by atoms with Crippen molar-refractivity contribution >= 4 is 33.1 Å². The number of benzene rings is 2. The molecule has 1 N–H and O–H groups in total. The number of nitrogens with one attached hydrogen (secondary N) is 1. The highest BCUT2D eigenvalue weighted by Gasteiger charge is 2.16. The van der Waals surface area contributed by atoms with Gasteiger partial charge in [0.1, 0.15) is 22.7 Å². The molecule has 29 heavy (non-hydrogen) atoms. The van der Waals surface area contributed by atoms with Gasteiger partial charge in [0, 0.05) is 10.9 Å². The Morgan fingerprint density at radius 2 is 1.62 bits per heavy atom. The zero-order chi connectivity index (χ0) is 20.4. The topological polar surface area (TPSA) is 65.5 Å². The number of anilines is 2. The van der Waals surface area contributed by atoms with E-state index in [1.54, 1.807) is 39.0 Å². The monoisotopic (exact) mass is 407 g/mol. The van der Waals surface area contributed by atoms with E-state index in [4.69, 9.17) is 14.2 Å². The van der Waals surface area contributed by atoms with Gasteiger partial charge >= 0.3 is 0 Å². The second kappa shape index (κ2) is 7.97. The highest BCUT2D eigenvalue weighted by molar-refractivity contribution is 7.17. The van der Waals surface area contributed by atoms with Crippen LogP contribution in [0.5, 0.6) is 17.2 Å². The Bertz CT molecular complexity index is 1170. The van der Waals surface area contributed by atoms with Gasteiger partial charge in [0.05, 0.1) is 32.4 Å². The number of aromatic nitrogens is 2. The first-order chi connectivity index (χ1) is 14.1. The SMILES string of the molecule is COc1ccc(C)cc1Nc1ncnc2scc(-c3ccc(OC)c(OC)c3)c12. The van der Waals surface area contributed by atoms with Gasteiger partial charge in [-0.15, -0.1) is 11.3 Å². The molecule has 0 aliphatic heterocycles. The Hall–Kier alpha value is -3.32. The number of nitrogens with zero attached hydrogens (tertiary/aromatic N) is 2. The van der Waals surface area contributed by atoms with Crippen LogP contribution in [0.15, 0.2) is 48.1 Å².